The summed E-state index contributed by atoms with van der Waals surface area (Å²) in [7, 11) is -0.616. The van der Waals surface area contributed by atoms with Crippen LogP contribution < -0.4 is 5.32 Å². The van der Waals surface area contributed by atoms with Crippen LogP contribution in [0.2, 0.25) is 0 Å². The van der Waals surface area contributed by atoms with Gasteiger partial charge < -0.3 is 19.4 Å². The Morgan fingerprint density at radius 2 is 1.88 bits per heavy atom. The number of amides is 1. The summed E-state index contributed by atoms with van der Waals surface area (Å²) in [6.07, 6.45) is 4.85. The van der Waals surface area contributed by atoms with Gasteiger partial charge in [0.1, 0.15) is 6.61 Å². The van der Waals surface area contributed by atoms with Crippen LogP contribution in [-0.2, 0) is 20.7 Å². The summed E-state index contributed by atoms with van der Waals surface area (Å²) < 4.78 is 17.8. The summed E-state index contributed by atoms with van der Waals surface area (Å²) in [6, 6.07) is 11.5. The van der Waals surface area contributed by atoms with Crippen LogP contribution in [0.4, 0.5) is 4.79 Å². The monoisotopic (exact) mass is 434 g/mol. The lowest BCUT2D eigenvalue weighted by atomic mass is 9.77. The van der Waals surface area contributed by atoms with E-state index in [1.54, 1.807) is 12.4 Å². The van der Waals surface area contributed by atoms with Crippen molar-refractivity contribution in [3.05, 3.63) is 65.4 Å². The molecular formula is C23H27BN4O4. The van der Waals surface area contributed by atoms with E-state index in [-0.39, 0.29) is 13.2 Å². The molecule has 166 valence electrons. The Balaban J connectivity index is 1.50. The third kappa shape index (κ3) is 4.84. The minimum absolute atomic E-state index is 0.198. The van der Waals surface area contributed by atoms with Crippen molar-refractivity contribution in [2.75, 3.05) is 6.54 Å². The number of carbonyl (C=O) groups is 1. The third-order valence-electron chi connectivity index (χ3n) is 5.87. The number of alkyl carbamates (subject to hydrolysis) is 1. The maximum atomic E-state index is 12.3. The van der Waals surface area contributed by atoms with Gasteiger partial charge in [-0.1, -0.05) is 36.4 Å². The van der Waals surface area contributed by atoms with Crippen LogP contribution in [0.1, 0.15) is 38.8 Å². The molecule has 0 saturated carbocycles. The number of pyridine rings is 1. The molecule has 0 bridgehead atoms. The SMILES string of the molecule is CC1(C)OB(C(=Cc2cnc3[nH]ncc3c2)CNC(=O)OCc2ccccc2)OC1(C)C. The quantitative estimate of drug-likeness (QED) is 0.571. The van der Waals surface area contributed by atoms with Gasteiger partial charge in [0.15, 0.2) is 5.65 Å². The molecule has 9 heteroatoms. The molecule has 1 aromatic carbocycles. The lowest BCUT2D eigenvalue weighted by Crippen LogP contribution is -2.41. The minimum atomic E-state index is -0.616. The second-order valence-electron chi connectivity index (χ2n) is 8.80. The van der Waals surface area contributed by atoms with Crippen LogP contribution in [0.3, 0.4) is 0 Å². The van der Waals surface area contributed by atoms with Gasteiger partial charge >= 0.3 is 13.2 Å². The van der Waals surface area contributed by atoms with E-state index in [4.69, 9.17) is 14.0 Å². The predicted molar refractivity (Wildman–Crippen MR) is 123 cm³/mol. The van der Waals surface area contributed by atoms with Crippen molar-refractivity contribution in [2.24, 2.45) is 0 Å². The average Bonchev–Trinajstić information content (AvgIpc) is 3.31. The number of ether oxygens (including phenoxy) is 1. The molecule has 1 fully saturated rings. The van der Waals surface area contributed by atoms with E-state index in [1.807, 2.05) is 70.2 Å². The molecule has 4 rings (SSSR count). The summed E-state index contributed by atoms with van der Waals surface area (Å²) in [4.78, 5) is 16.7. The highest BCUT2D eigenvalue weighted by molar-refractivity contribution is 6.56. The maximum Gasteiger partial charge on any atom is 0.492 e. The molecule has 0 unspecified atom stereocenters. The van der Waals surface area contributed by atoms with Crippen molar-refractivity contribution >= 4 is 30.3 Å². The molecule has 3 aromatic rings. The fourth-order valence-corrected chi connectivity index (χ4v) is 3.29. The van der Waals surface area contributed by atoms with E-state index in [0.29, 0.717) is 5.65 Å². The molecule has 0 radical (unpaired) electrons. The molecule has 1 amide bonds. The first-order valence-corrected chi connectivity index (χ1v) is 10.5. The van der Waals surface area contributed by atoms with Gasteiger partial charge in [0, 0.05) is 18.1 Å². The highest BCUT2D eigenvalue weighted by atomic mass is 16.7. The molecule has 2 N–H and O–H groups in total. The lowest BCUT2D eigenvalue weighted by molar-refractivity contribution is 0.00578. The van der Waals surface area contributed by atoms with E-state index in [0.717, 1.165) is 22.0 Å². The topological polar surface area (TPSA) is 98.4 Å². The molecule has 3 heterocycles. The largest absolute Gasteiger partial charge is 0.492 e. The van der Waals surface area contributed by atoms with E-state index in [2.05, 4.69) is 20.5 Å². The Labute approximate surface area is 187 Å². The molecular weight excluding hydrogens is 407 g/mol. The first-order valence-electron chi connectivity index (χ1n) is 10.5. The smallest absolute Gasteiger partial charge is 0.445 e. The summed E-state index contributed by atoms with van der Waals surface area (Å²) in [5.41, 5.74) is 2.23. The van der Waals surface area contributed by atoms with Gasteiger partial charge in [-0.25, -0.2) is 9.78 Å². The molecule has 2 aromatic heterocycles. The van der Waals surface area contributed by atoms with Crippen molar-refractivity contribution in [1.29, 1.82) is 0 Å². The number of hydrogen-bond acceptors (Lipinski definition) is 6. The second kappa shape index (κ2) is 8.76. The zero-order valence-corrected chi connectivity index (χ0v) is 18.7. The number of hydrogen-bond donors (Lipinski definition) is 2. The zero-order valence-electron chi connectivity index (χ0n) is 18.7. The number of fused-ring (bicyclic) bond motifs is 1. The molecule has 1 saturated heterocycles. The van der Waals surface area contributed by atoms with Crippen molar-refractivity contribution < 1.29 is 18.8 Å². The highest BCUT2D eigenvalue weighted by Crippen LogP contribution is 2.38. The predicted octanol–water partition coefficient (Wildman–Crippen LogP) is 3.90. The molecule has 0 aliphatic carbocycles. The second-order valence-corrected chi connectivity index (χ2v) is 8.80. The van der Waals surface area contributed by atoms with E-state index in [9.17, 15) is 4.79 Å². The van der Waals surface area contributed by atoms with Gasteiger partial charge in [-0.15, -0.1) is 0 Å². The minimum Gasteiger partial charge on any atom is -0.445 e. The number of benzene rings is 1. The van der Waals surface area contributed by atoms with E-state index in [1.165, 1.54) is 0 Å². The summed E-state index contributed by atoms with van der Waals surface area (Å²) in [6.45, 7) is 8.37. The number of nitrogens with one attached hydrogen (secondary N) is 2. The summed E-state index contributed by atoms with van der Waals surface area (Å²) in [5.74, 6) is 0. The summed E-state index contributed by atoms with van der Waals surface area (Å²) >= 11 is 0. The van der Waals surface area contributed by atoms with Crippen molar-refractivity contribution in [3.63, 3.8) is 0 Å². The van der Waals surface area contributed by atoms with Crippen LogP contribution in [0.15, 0.2) is 54.3 Å². The number of aromatic amines is 1. The molecule has 1 aliphatic heterocycles. The van der Waals surface area contributed by atoms with E-state index < -0.39 is 24.4 Å². The first-order chi connectivity index (χ1) is 15.2. The molecule has 1 aliphatic rings. The van der Waals surface area contributed by atoms with Crippen LogP contribution in [-0.4, -0.2) is 46.1 Å². The Morgan fingerprint density at radius 1 is 1.16 bits per heavy atom. The summed E-state index contributed by atoms with van der Waals surface area (Å²) in [5, 5.41) is 10.6. The van der Waals surface area contributed by atoms with Gasteiger partial charge in [-0.2, -0.15) is 5.10 Å². The first kappa shape index (κ1) is 22.0. The van der Waals surface area contributed by atoms with Gasteiger partial charge in [-0.05, 0) is 50.4 Å². The normalized spacial score (nSPS) is 17.5. The highest BCUT2D eigenvalue weighted by Gasteiger charge is 2.52. The van der Waals surface area contributed by atoms with Gasteiger partial charge in [0.25, 0.3) is 0 Å². The van der Waals surface area contributed by atoms with Crippen LogP contribution in [0.5, 0.6) is 0 Å². The molecule has 0 spiro atoms. The Bertz CT molecular complexity index is 1110. The van der Waals surface area contributed by atoms with Gasteiger partial charge in [-0.3, -0.25) is 5.10 Å². The van der Waals surface area contributed by atoms with Crippen molar-refractivity contribution in [3.8, 4) is 0 Å². The number of nitrogens with zero attached hydrogens (tertiary/aromatic N) is 2. The van der Waals surface area contributed by atoms with Gasteiger partial charge in [0.2, 0.25) is 0 Å². The average molecular weight is 434 g/mol. The number of H-pyrrole nitrogens is 1. The molecule has 32 heavy (non-hydrogen) atoms. The van der Waals surface area contributed by atoms with Crippen LogP contribution >= 0.6 is 0 Å². The number of carbonyl (C=O) groups excluding carboxylic acids is 1. The van der Waals surface area contributed by atoms with Gasteiger partial charge in [0.05, 0.1) is 17.4 Å². The third-order valence-corrected chi connectivity index (χ3v) is 5.87. The maximum absolute atomic E-state index is 12.3. The Kier molecular flexibility index (Phi) is 6.03. The fourth-order valence-electron chi connectivity index (χ4n) is 3.29. The van der Waals surface area contributed by atoms with Crippen molar-refractivity contribution in [1.82, 2.24) is 20.5 Å². The van der Waals surface area contributed by atoms with E-state index >= 15 is 0 Å². The fraction of sp³-hybridized carbons (Fsp3) is 0.348. The Morgan fingerprint density at radius 3 is 2.59 bits per heavy atom. The van der Waals surface area contributed by atoms with Crippen LogP contribution in [0.25, 0.3) is 17.1 Å². The van der Waals surface area contributed by atoms with Crippen LogP contribution in [0, 0.1) is 0 Å². The number of aromatic nitrogens is 3. The lowest BCUT2D eigenvalue weighted by Gasteiger charge is -2.32. The molecule has 0 atom stereocenters. The standard InChI is InChI=1S/C23H27BN4O4/c1-22(2)23(3,4)32-24(31-22)19(11-17-10-18-13-27-28-20(18)25-12-17)14-26-21(29)30-15-16-8-6-5-7-9-16/h5-13H,14-15H2,1-4H3,(H,26,29)(H,25,27,28). The Hall–Kier alpha value is -3.17. The molecule has 8 nitrogen and oxygen atoms in total. The zero-order chi connectivity index (χ0) is 22.8. The number of rotatable bonds is 6. The van der Waals surface area contributed by atoms with Crippen molar-refractivity contribution in [2.45, 2.75) is 45.5 Å².